The number of hydrogen-bond donors (Lipinski definition) is 1. The summed E-state index contributed by atoms with van der Waals surface area (Å²) in [7, 11) is 0. The number of fused-ring (bicyclic) bond motifs is 1. The summed E-state index contributed by atoms with van der Waals surface area (Å²) in [5, 5.41) is 3.42. The zero-order chi connectivity index (χ0) is 20.1. The maximum atomic E-state index is 13.0. The number of unbranched alkanes of at least 4 members (excludes halogenated alkanes) is 2. The Bertz CT molecular complexity index is 1020. The van der Waals surface area contributed by atoms with Crippen LogP contribution in [-0.2, 0) is 13.0 Å². The summed E-state index contributed by atoms with van der Waals surface area (Å²) in [5.41, 5.74) is 1.55. The summed E-state index contributed by atoms with van der Waals surface area (Å²) in [5.74, 6) is -0.485. The maximum absolute atomic E-state index is 13.0. The molecule has 28 heavy (non-hydrogen) atoms. The highest BCUT2D eigenvalue weighted by molar-refractivity contribution is 7.20. The number of carbonyl (C=O) groups is 1. The van der Waals surface area contributed by atoms with E-state index in [4.69, 9.17) is 0 Å². The van der Waals surface area contributed by atoms with Crippen molar-refractivity contribution in [3.8, 4) is 0 Å². The summed E-state index contributed by atoms with van der Waals surface area (Å²) >= 11 is 1.25. The summed E-state index contributed by atoms with van der Waals surface area (Å²) in [6, 6.07) is 6.23. The monoisotopic (exact) mass is 401 g/mol. The molecule has 0 saturated carbocycles. The number of nitrogens with zero attached hydrogens (tertiary/aromatic N) is 2. The number of aryl methyl sites for hydroxylation is 2. The lowest BCUT2D eigenvalue weighted by molar-refractivity contribution is 0.0957. The van der Waals surface area contributed by atoms with Crippen molar-refractivity contribution < 1.29 is 9.18 Å². The van der Waals surface area contributed by atoms with Gasteiger partial charge in [0.15, 0.2) is 0 Å². The van der Waals surface area contributed by atoms with Crippen molar-refractivity contribution in [2.24, 2.45) is 0 Å². The Labute approximate surface area is 167 Å². The van der Waals surface area contributed by atoms with Crippen LogP contribution >= 0.6 is 11.3 Å². The third-order valence-corrected chi connectivity index (χ3v) is 5.94. The van der Waals surface area contributed by atoms with Gasteiger partial charge in [-0.25, -0.2) is 9.37 Å². The first-order valence-corrected chi connectivity index (χ1v) is 10.3. The molecule has 2 heterocycles. The summed E-state index contributed by atoms with van der Waals surface area (Å²) in [6.07, 6.45) is 5.27. The second kappa shape index (κ2) is 9.10. The highest BCUT2D eigenvalue weighted by atomic mass is 32.1. The summed E-state index contributed by atoms with van der Waals surface area (Å²) in [4.78, 5) is 30.9. The van der Waals surface area contributed by atoms with E-state index >= 15 is 0 Å². The van der Waals surface area contributed by atoms with Gasteiger partial charge in [0, 0.05) is 13.1 Å². The van der Waals surface area contributed by atoms with Crippen LogP contribution in [0.2, 0.25) is 0 Å². The lowest BCUT2D eigenvalue weighted by atomic mass is 10.1. The highest BCUT2D eigenvalue weighted by Crippen LogP contribution is 2.26. The smallest absolute Gasteiger partial charge is 0.262 e. The van der Waals surface area contributed by atoms with Crippen LogP contribution in [0.5, 0.6) is 0 Å². The Morgan fingerprint density at radius 3 is 2.71 bits per heavy atom. The molecule has 0 bridgehead atoms. The van der Waals surface area contributed by atoms with E-state index in [1.165, 1.54) is 23.5 Å². The van der Waals surface area contributed by atoms with Crippen molar-refractivity contribution in [1.29, 1.82) is 0 Å². The number of hydrogen-bond acceptors (Lipinski definition) is 4. The van der Waals surface area contributed by atoms with Gasteiger partial charge in [-0.2, -0.15) is 0 Å². The van der Waals surface area contributed by atoms with E-state index in [0.717, 1.165) is 24.8 Å². The van der Waals surface area contributed by atoms with E-state index < -0.39 is 0 Å². The van der Waals surface area contributed by atoms with E-state index in [1.54, 1.807) is 30.0 Å². The largest absolute Gasteiger partial charge is 0.351 e. The van der Waals surface area contributed by atoms with Crippen LogP contribution in [0.4, 0.5) is 4.39 Å². The van der Waals surface area contributed by atoms with Crippen LogP contribution in [0.15, 0.2) is 35.4 Å². The molecule has 1 amide bonds. The first-order valence-electron chi connectivity index (χ1n) is 9.52. The molecule has 0 saturated heterocycles. The molecular formula is C21H24FN3O2S. The van der Waals surface area contributed by atoms with Crippen molar-refractivity contribution in [1.82, 2.24) is 14.9 Å². The molecule has 7 heteroatoms. The predicted octanol–water partition coefficient (Wildman–Crippen LogP) is 4.07. The SMILES string of the molecule is CCCCCn1cnc2sc(C(=O)NCCc3ccc(F)cc3)c(C)c2c1=O. The number of halogens is 1. The van der Waals surface area contributed by atoms with Crippen LogP contribution in [-0.4, -0.2) is 22.0 Å². The molecule has 1 N–H and O–H groups in total. The van der Waals surface area contributed by atoms with Crippen molar-refractivity contribution in [2.45, 2.75) is 46.1 Å². The van der Waals surface area contributed by atoms with Crippen LogP contribution in [0, 0.1) is 12.7 Å². The summed E-state index contributed by atoms with van der Waals surface area (Å²) in [6.45, 7) is 5.00. The minimum atomic E-state index is -0.276. The third kappa shape index (κ3) is 4.47. The maximum Gasteiger partial charge on any atom is 0.262 e. The average molecular weight is 402 g/mol. The zero-order valence-electron chi connectivity index (χ0n) is 16.1. The summed E-state index contributed by atoms with van der Waals surface area (Å²) < 4.78 is 14.6. The topological polar surface area (TPSA) is 64.0 Å². The fraction of sp³-hybridized carbons (Fsp3) is 0.381. The van der Waals surface area contributed by atoms with Gasteiger partial charge < -0.3 is 5.32 Å². The third-order valence-electron chi connectivity index (χ3n) is 4.74. The number of carbonyl (C=O) groups excluding carboxylic acids is 1. The van der Waals surface area contributed by atoms with Crippen LogP contribution < -0.4 is 10.9 Å². The Hall–Kier alpha value is -2.54. The number of nitrogens with one attached hydrogen (secondary N) is 1. The molecule has 0 aliphatic carbocycles. The molecule has 0 unspecified atom stereocenters. The fourth-order valence-electron chi connectivity index (χ4n) is 3.12. The molecule has 0 radical (unpaired) electrons. The van der Waals surface area contributed by atoms with Crippen molar-refractivity contribution in [2.75, 3.05) is 6.54 Å². The van der Waals surface area contributed by atoms with Gasteiger partial charge in [-0.05, 0) is 43.0 Å². The average Bonchev–Trinajstić information content (AvgIpc) is 3.02. The van der Waals surface area contributed by atoms with Crippen molar-refractivity contribution in [3.63, 3.8) is 0 Å². The lowest BCUT2D eigenvalue weighted by Gasteiger charge is -2.05. The minimum Gasteiger partial charge on any atom is -0.351 e. The van der Waals surface area contributed by atoms with Gasteiger partial charge in [0.25, 0.3) is 11.5 Å². The predicted molar refractivity (Wildman–Crippen MR) is 111 cm³/mol. The van der Waals surface area contributed by atoms with E-state index in [-0.39, 0.29) is 17.3 Å². The number of thiophene rings is 1. The number of benzene rings is 1. The van der Waals surface area contributed by atoms with Crippen LogP contribution in [0.1, 0.15) is 47.0 Å². The molecule has 0 aliphatic rings. The van der Waals surface area contributed by atoms with Gasteiger partial charge in [-0.3, -0.25) is 14.2 Å². The molecule has 3 rings (SSSR count). The molecule has 2 aromatic heterocycles. The molecule has 0 aliphatic heterocycles. The van der Waals surface area contributed by atoms with Gasteiger partial charge in [0.1, 0.15) is 10.6 Å². The highest BCUT2D eigenvalue weighted by Gasteiger charge is 2.19. The fourth-order valence-corrected chi connectivity index (χ4v) is 4.17. The Kier molecular flexibility index (Phi) is 6.57. The molecule has 0 spiro atoms. The molecule has 1 aromatic carbocycles. The van der Waals surface area contributed by atoms with Crippen LogP contribution in [0.25, 0.3) is 10.2 Å². The molecule has 0 atom stereocenters. The zero-order valence-corrected chi connectivity index (χ0v) is 16.9. The van der Waals surface area contributed by atoms with E-state index in [9.17, 15) is 14.0 Å². The van der Waals surface area contributed by atoms with Gasteiger partial charge in [0.2, 0.25) is 0 Å². The lowest BCUT2D eigenvalue weighted by Crippen LogP contribution is -2.25. The first-order chi connectivity index (χ1) is 13.5. The van der Waals surface area contributed by atoms with Crippen LogP contribution in [0.3, 0.4) is 0 Å². The normalized spacial score (nSPS) is 11.1. The van der Waals surface area contributed by atoms with Crippen molar-refractivity contribution >= 4 is 27.5 Å². The molecule has 5 nitrogen and oxygen atoms in total. The molecule has 148 valence electrons. The molecule has 3 aromatic rings. The minimum absolute atomic E-state index is 0.0831. The van der Waals surface area contributed by atoms with Gasteiger partial charge in [-0.1, -0.05) is 31.9 Å². The standard InChI is InChI=1S/C21H24FN3O2S/c1-3-4-5-12-25-13-24-20-17(21(25)27)14(2)18(28-20)19(26)23-11-10-15-6-8-16(22)9-7-15/h6-9,13H,3-5,10-12H2,1-2H3,(H,23,26). The van der Waals surface area contributed by atoms with Gasteiger partial charge in [0.05, 0.1) is 16.6 Å². The van der Waals surface area contributed by atoms with Gasteiger partial charge >= 0.3 is 0 Å². The number of amides is 1. The Morgan fingerprint density at radius 2 is 2.00 bits per heavy atom. The number of aromatic nitrogens is 2. The van der Waals surface area contributed by atoms with Gasteiger partial charge in [-0.15, -0.1) is 11.3 Å². The Balaban J connectivity index is 1.72. The van der Waals surface area contributed by atoms with E-state index in [0.29, 0.717) is 40.2 Å². The Morgan fingerprint density at radius 1 is 1.25 bits per heavy atom. The quantitative estimate of drug-likeness (QED) is 0.579. The first kappa shape index (κ1) is 20.2. The molecule has 0 fully saturated rings. The van der Waals surface area contributed by atoms with E-state index in [1.807, 2.05) is 0 Å². The second-order valence-electron chi connectivity index (χ2n) is 6.82. The van der Waals surface area contributed by atoms with Crippen molar-refractivity contribution in [3.05, 3.63) is 62.8 Å². The molecular weight excluding hydrogens is 377 g/mol. The van der Waals surface area contributed by atoms with E-state index in [2.05, 4.69) is 17.2 Å². The number of rotatable bonds is 8. The second-order valence-corrected chi connectivity index (χ2v) is 7.82.